The zero-order valence-corrected chi connectivity index (χ0v) is 10.4. The van der Waals surface area contributed by atoms with Gasteiger partial charge in [-0.1, -0.05) is 12.1 Å². The van der Waals surface area contributed by atoms with Gasteiger partial charge in [0.15, 0.2) is 0 Å². The summed E-state index contributed by atoms with van der Waals surface area (Å²) in [6.45, 7) is 1.13. The number of nitrogens with two attached hydrogens (primary N) is 1. The topological polar surface area (TPSA) is 38.0 Å². The molecule has 1 saturated carbocycles. The summed E-state index contributed by atoms with van der Waals surface area (Å²) in [5.41, 5.74) is 10.4. The van der Waals surface area contributed by atoms with Gasteiger partial charge in [-0.15, -0.1) is 0 Å². The summed E-state index contributed by atoms with van der Waals surface area (Å²) in [5, 5.41) is 3.48. The van der Waals surface area contributed by atoms with E-state index >= 15 is 0 Å². The molecule has 2 aliphatic rings. The molecule has 3 rings (SSSR count). The molecule has 1 aromatic carbocycles. The van der Waals surface area contributed by atoms with Gasteiger partial charge >= 0.3 is 0 Å². The molecule has 0 bridgehead atoms. The van der Waals surface area contributed by atoms with Crippen molar-refractivity contribution in [2.75, 3.05) is 11.9 Å². The zero-order chi connectivity index (χ0) is 11.7. The molecular formula is C15H22N2. The monoisotopic (exact) mass is 230 g/mol. The Morgan fingerprint density at radius 1 is 1.12 bits per heavy atom. The van der Waals surface area contributed by atoms with Crippen LogP contribution in [0.15, 0.2) is 18.2 Å². The molecule has 1 aromatic rings. The predicted molar refractivity (Wildman–Crippen MR) is 72.4 cm³/mol. The molecule has 92 valence electrons. The van der Waals surface area contributed by atoms with E-state index in [9.17, 15) is 0 Å². The maximum atomic E-state index is 5.98. The lowest BCUT2D eigenvalue weighted by molar-refractivity contribution is 0.395. The molecule has 17 heavy (non-hydrogen) atoms. The number of fused-ring (bicyclic) bond motifs is 1. The van der Waals surface area contributed by atoms with Crippen LogP contribution >= 0.6 is 0 Å². The van der Waals surface area contributed by atoms with Crippen LogP contribution in [0.1, 0.15) is 49.1 Å². The lowest BCUT2D eigenvalue weighted by atomic mass is 9.81. The number of nitrogens with one attached hydrogen (secondary N) is 1. The van der Waals surface area contributed by atoms with Crippen molar-refractivity contribution in [3.05, 3.63) is 29.3 Å². The van der Waals surface area contributed by atoms with E-state index in [1.807, 2.05) is 0 Å². The number of anilines is 1. The summed E-state index contributed by atoms with van der Waals surface area (Å²) in [7, 11) is 0. The van der Waals surface area contributed by atoms with Crippen molar-refractivity contribution in [3.63, 3.8) is 0 Å². The molecule has 1 aliphatic carbocycles. The van der Waals surface area contributed by atoms with Crippen molar-refractivity contribution in [3.8, 4) is 0 Å². The molecule has 0 amide bonds. The summed E-state index contributed by atoms with van der Waals surface area (Å²) < 4.78 is 0. The third-order valence-corrected chi connectivity index (χ3v) is 4.31. The molecule has 3 N–H and O–H groups in total. The zero-order valence-electron chi connectivity index (χ0n) is 10.4. The second kappa shape index (κ2) is 4.69. The summed E-state index contributed by atoms with van der Waals surface area (Å²) in [6.07, 6.45) is 7.44. The number of rotatable bonds is 1. The first kappa shape index (κ1) is 11.1. The number of hydrogen-bond donors (Lipinski definition) is 2. The summed E-state index contributed by atoms with van der Waals surface area (Å²) >= 11 is 0. The molecule has 0 radical (unpaired) electrons. The van der Waals surface area contributed by atoms with Gasteiger partial charge in [0.05, 0.1) is 0 Å². The fraction of sp³-hybridized carbons (Fsp3) is 0.600. The van der Waals surface area contributed by atoms with E-state index in [1.54, 1.807) is 5.56 Å². The summed E-state index contributed by atoms with van der Waals surface area (Å²) in [4.78, 5) is 0. The molecule has 2 nitrogen and oxygen atoms in total. The Balaban J connectivity index is 1.79. The second-order valence-corrected chi connectivity index (χ2v) is 5.56. The maximum absolute atomic E-state index is 5.98. The molecule has 0 saturated heterocycles. The first-order valence-electron chi connectivity index (χ1n) is 6.95. The Morgan fingerprint density at radius 3 is 2.76 bits per heavy atom. The third kappa shape index (κ3) is 2.32. The van der Waals surface area contributed by atoms with Crippen molar-refractivity contribution < 1.29 is 0 Å². The van der Waals surface area contributed by atoms with E-state index in [0.29, 0.717) is 6.04 Å². The minimum atomic E-state index is 0.450. The summed E-state index contributed by atoms with van der Waals surface area (Å²) in [5.74, 6) is 0.752. The quantitative estimate of drug-likeness (QED) is 0.778. The van der Waals surface area contributed by atoms with E-state index in [1.165, 1.54) is 49.8 Å². The Morgan fingerprint density at radius 2 is 1.94 bits per heavy atom. The molecule has 2 heteroatoms. The standard InChI is InChI=1S/C15H22N2/c16-14-6-3-11(4-7-14)12-5-8-15-13(10-12)2-1-9-17-15/h5,8,10-11,14,17H,1-4,6-7,9,16H2. The fourth-order valence-corrected chi connectivity index (χ4v) is 3.20. The molecular weight excluding hydrogens is 208 g/mol. The number of aryl methyl sites for hydroxylation is 1. The largest absolute Gasteiger partial charge is 0.385 e. The van der Waals surface area contributed by atoms with Crippen LogP contribution < -0.4 is 11.1 Å². The minimum Gasteiger partial charge on any atom is -0.385 e. The van der Waals surface area contributed by atoms with Gasteiger partial charge in [-0.25, -0.2) is 0 Å². The van der Waals surface area contributed by atoms with Gasteiger partial charge in [0.2, 0.25) is 0 Å². The van der Waals surface area contributed by atoms with Crippen molar-refractivity contribution in [2.45, 2.75) is 50.5 Å². The van der Waals surface area contributed by atoms with Crippen LogP contribution in [0.5, 0.6) is 0 Å². The second-order valence-electron chi connectivity index (χ2n) is 5.56. The van der Waals surface area contributed by atoms with Crippen molar-refractivity contribution in [1.29, 1.82) is 0 Å². The van der Waals surface area contributed by atoms with Crippen LogP contribution in [-0.2, 0) is 6.42 Å². The average Bonchev–Trinajstić information content (AvgIpc) is 2.39. The maximum Gasteiger partial charge on any atom is 0.0372 e. The van der Waals surface area contributed by atoms with E-state index in [0.717, 1.165) is 12.5 Å². The number of benzene rings is 1. The van der Waals surface area contributed by atoms with Crippen molar-refractivity contribution in [2.24, 2.45) is 5.73 Å². The highest BCUT2D eigenvalue weighted by atomic mass is 14.9. The fourth-order valence-electron chi connectivity index (χ4n) is 3.20. The smallest absolute Gasteiger partial charge is 0.0372 e. The van der Waals surface area contributed by atoms with Gasteiger partial charge < -0.3 is 11.1 Å². The van der Waals surface area contributed by atoms with Crippen LogP contribution in [0.3, 0.4) is 0 Å². The van der Waals surface area contributed by atoms with Crippen LogP contribution in [0, 0.1) is 0 Å². The van der Waals surface area contributed by atoms with Gasteiger partial charge in [-0.3, -0.25) is 0 Å². The molecule has 0 atom stereocenters. The van der Waals surface area contributed by atoms with Crippen molar-refractivity contribution >= 4 is 5.69 Å². The molecule has 0 aromatic heterocycles. The first-order chi connectivity index (χ1) is 8.33. The molecule has 1 aliphatic heterocycles. The van der Waals surface area contributed by atoms with Gasteiger partial charge in [-0.05, 0) is 61.6 Å². The van der Waals surface area contributed by atoms with E-state index in [4.69, 9.17) is 5.73 Å². The van der Waals surface area contributed by atoms with Crippen LogP contribution in [0.25, 0.3) is 0 Å². The van der Waals surface area contributed by atoms with Gasteiger partial charge in [0, 0.05) is 18.3 Å². The lowest BCUT2D eigenvalue weighted by Gasteiger charge is -2.27. The van der Waals surface area contributed by atoms with Crippen molar-refractivity contribution in [1.82, 2.24) is 0 Å². The third-order valence-electron chi connectivity index (χ3n) is 4.31. The van der Waals surface area contributed by atoms with E-state index < -0.39 is 0 Å². The molecule has 1 fully saturated rings. The Hall–Kier alpha value is -1.02. The van der Waals surface area contributed by atoms with E-state index in [2.05, 4.69) is 23.5 Å². The number of hydrogen-bond acceptors (Lipinski definition) is 2. The van der Waals surface area contributed by atoms with Crippen LogP contribution in [0.2, 0.25) is 0 Å². The Kier molecular flexibility index (Phi) is 3.06. The molecule has 0 unspecified atom stereocenters. The SMILES string of the molecule is NC1CCC(c2ccc3c(c2)CCCN3)CC1. The van der Waals surface area contributed by atoms with E-state index in [-0.39, 0.29) is 0 Å². The predicted octanol–water partition coefficient (Wildman–Crippen LogP) is 3.03. The summed E-state index contributed by atoms with van der Waals surface area (Å²) in [6, 6.07) is 7.48. The molecule has 0 spiro atoms. The van der Waals surface area contributed by atoms with Gasteiger partial charge in [-0.2, -0.15) is 0 Å². The van der Waals surface area contributed by atoms with Crippen LogP contribution in [0.4, 0.5) is 5.69 Å². The highest BCUT2D eigenvalue weighted by molar-refractivity contribution is 5.54. The highest BCUT2D eigenvalue weighted by Crippen LogP contribution is 2.34. The lowest BCUT2D eigenvalue weighted by Crippen LogP contribution is -2.25. The first-order valence-corrected chi connectivity index (χ1v) is 6.95. The van der Waals surface area contributed by atoms with Gasteiger partial charge in [0.25, 0.3) is 0 Å². The average molecular weight is 230 g/mol. The Bertz CT molecular complexity index is 392. The highest BCUT2D eigenvalue weighted by Gasteiger charge is 2.21. The molecule has 1 heterocycles. The Labute approximate surface area is 104 Å². The van der Waals surface area contributed by atoms with Crippen LogP contribution in [-0.4, -0.2) is 12.6 Å². The minimum absolute atomic E-state index is 0.450. The van der Waals surface area contributed by atoms with Gasteiger partial charge in [0.1, 0.15) is 0 Å². The normalized spacial score (nSPS) is 28.3.